The Bertz CT molecular complexity index is 534. The number of hydrogen-bond acceptors (Lipinski definition) is 3. The zero-order valence-electron chi connectivity index (χ0n) is 11.2. The number of nitrogens with one attached hydrogen (secondary N) is 1. The normalized spacial score (nSPS) is 12.1. The van der Waals surface area contributed by atoms with E-state index in [-0.39, 0.29) is 11.7 Å². The van der Waals surface area contributed by atoms with E-state index in [1.807, 2.05) is 18.2 Å². The molecule has 1 heterocycles. The highest BCUT2D eigenvalue weighted by molar-refractivity contribution is 5.91. The third kappa shape index (κ3) is 3.44. The van der Waals surface area contributed by atoms with Crippen LogP contribution in [0.3, 0.4) is 0 Å². The van der Waals surface area contributed by atoms with Gasteiger partial charge in [-0.05, 0) is 18.9 Å². The molecule has 0 bridgehead atoms. The van der Waals surface area contributed by atoms with Crippen LogP contribution in [0.2, 0.25) is 0 Å². The van der Waals surface area contributed by atoms with Gasteiger partial charge in [-0.1, -0.05) is 42.4 Å². The van der Waals surface area contributed by atoms with Crippen LogP contribution in [-0.2, 0) is 0 Å². The number of carbonyl (C=O) groups excluding carboxylic acids is 1. The Balaban J connectivity index is 1.95. The lowest BCUT2D eigenvalue weighted by atomic mass is 9.96. The van der Waals surface area contributed by atoms with Crippen LogP contribution >= 0.6 is 0 Å². The van der Waals surface area contributed by atoms with Gasteiger partial charge in [0.15, 0.2) is 0 Å². The summed E-state index contributed by atoms with van der Waals surface area (Å²) in [4.78, 5) is 11.9. The summed E-state index contributed by atoms with van der Waals surface area (Å²) in [5.41, 5.74) is 1.94. The number of carbonyl (C=O) groups is 1. The molecular formula is C15H18N2O2. The van der Waals surface area contributed by atoms with Gasteiger partial charge in [-0.3, -0.25) is 4.79 Å². The highest BCUT2D eigenvalue weighted by Crippen LogP contribution is 2.18. The molecule has 4 heteroatoms. The van der Waals surface area contributed by atoms with Gasteiger partial charge in [-0.25, -0.2) is 0 Å². The first-order chi connectivity index (χ1) is 9.20. The lowest BCUT2D eigenvalue weighted by molar-refractivity contribution is 0.0914. The number of aryl methyl sites for hydroxylation is 1. The van der Waals surface area contributed by atoms with Crippen molar-refractivity contribution in [3.63, 3.8) is 0 Å². The number of benzene rings is 1. The smallest absolute Gasteiger partial charge is 0.289 e. The highest BCUT2D eigenvalue weighted by Gasteiger charge is 2.14. The van der Waals surface area contributed by atoms with Gasteiger partial charge in [0.1, 0.15) is 0 Å². The van der Waals surface area contributed by atoms with Crippen LogP contribution in [0, 0.1) is 6.92 Å². The first kappa shape index (κ1) is 13.3. The molecule has 1 aromatic heterocycles. The van der Waals surface area contributed by atoms with Gasteiger partial charge in [0.05, 0.1) is 5.69 Å². The molecule has 100 valence electrons. The summed E-state index contributed by atoms with van der Waals surface area (Å²) < 4.78 is 4.94. The number of aromatic nitrogens is 1. The summed E-state index contributed by atoms with van der Waals surface area (Å²) in [6.45, 7) is 4.50. The van der Waals surface area contributed by atoms with Crippen molar-refractivity contribution in [2.75, 3.05) is 6.54 Å². The Hall–Kier alpha value is -2.10. The Morgan fingerprint density at radius 2 is 2.11 bits per heavy atom. The molecule has 2 aromatic rings. The molecule has 0 aliphatic carbocycles. The van der Waals surface area contributed by atoms with Crippen molar-refractivity contribution >= 4 is 5.91 Å². The summed E-state index contributed by atoms with van der Waals surface area (Å²) in [6.07, 6.45) is 0.972. The fourth-order valence-electron chi connectivity index (χ4n) is 2.00. The molecule has 0 fully saturated rings. The van der Waals surface area contributed by atoms with Crippen LogP contribution in [-0.4, -0.2) is 17.6 Å². The molecule has 1 atom stereocenters. The minimum Gasteiger partial charge on any atom is -0.351 e. The van der Waals surface area contributed by atoms with Crippen LogP contribution in [0.4, 0.5) is 0 Å². The van der Waals surface area contributed by atoms with Crippen molar-refractivity contribution in [1.29, 1.82) is 0 Å². The van der Waals surface area contributed by atoms with E-state index in [0.29, 0.717) is 18.2 Å². The predicted molar refractivity (Wildman–Crippen MR) is 73.0 cm³/mol. The zero-order valence-corrected chi connectivity index (χ0v) is 11.2. The Kier molecular flexibility index (Phi) is 4.34. The topological polar surface area (TPSA) is 55.1 Å². The zero-order chi connectivity index (χ0) is 13.7. The molecule has 0 aliphatic heterocycles. The van der Waals surface area contributed by atoms with E-state index in [1.54, 1.807) is 13.0 Å². The van der Waals surface area contributed by atoms with E-state index in [9.17, 15) is 4.79 Å². The molecular weight excluding hydrogens is 240 g/mol. The van der Waals surface area contributed by atoms with E-state index >= 15 is 0 Å². The maximum Gasteiger partial charge on any atom is 0.289 e. The fourth-order valence-corrected chi connectivity index (χ4v) is 2.00. The van der Waals surface area contributed by atoms with Crippen LogP contribution in [0.5, 0.6) is 0 Å². The van der Waals surface area contributed by atoms with Crippen molar-refractivity contribution in [3.05, 3.63) is 53.4 Å². The van der Waals surface area contributed by atoms with Crippen LogP contribution in [0.1, 0.15) is 41.1 Å². The number of nitrogens with zero attached hydrogens (tertiary/aromatic N) is 1. The van der Waals surface area contributed by atoms with Crippen molar-refractivity contribution in [1.82, 2.24) is 10.5 Å². The van der Waals surface area contributed by atoms with Gasteiger partial charge in [-0.15, -0.1) is 0 Å². The average molecular weight is 258 g/mol. The minimum absolute atomic E-state index is 0.213. The minimum atomic E-state index is -0.213. The van der Waals surface area contributed by atoms with Crippen LogP contribution < -0.4 is 5.32 Å². The standard InChI is InChI=1S/C15H18N2O2/c1-3-12(13-7-5-4-6-8-13)10-16-15(18)14-9-11(2)17-19-14/h4-9,12H,3,10H2,1-2H3,(H,16,18). The molecule has 0 aliphatic rings. The van der Waals surface area contributed by atoms with Gasteiger partial charge in [-0.2, -0.15) is 0 Å². The third-order valence-electron chi connectivity index (χ3n) is 3.12. The van der Waals surface area contributed by atoms with Crippen molar-refractivity contribution in [2.24, 2.45) is 0 Å². The number of amides is 1. The molecule has 0 radical (unpaired) electrons. The van der Waals surface area contributed by atoms with E-state index in [1.165, 1.54) is 5.56 Å². The lowest BCUT2D eigenvalue weighted by Gasteiger charge is -2.15. The van der Waals surface area contributed by atoms with Gasteiger partial charge in [0, 0.05) is 18.5 Å². The molecule has 1 aromatic carbocycles. The van der Waals surface area contributed by atoms with Gasteiger partial charge >= 0.3 is 0 Å². The molecule has 0 saturated carbocycles. The van der Waals surface area contributed by atoms with Crippen molar-refractivity contribution in [3.8, 4) is 0 Å². The molecule has 1 N–H and O–H groups in total. The second-order valence-corrected chi connectivity index (χ2v) is 4.56. The molecule has 4 nitrogen and oxygen atoms in total. The Morgan fingerprint density at radius 3 is 2.68 bits per heavy atom. The third-order valence-corrected chi connectivity index (χ3v) is 3.12. The van der Waals surface area contributed by atoms with Crippen LogP contribution in [0.25, 0.3) is 0 Å². The highest BCUT2D eigenvalue weighted by atomic mass is 16.5. The summed E-state index contributed by atoms with van der Waals surface area (Å²) in [6, 6.07) is 11.8. The van der Waals surface area contributed by atoms with Gasteiger partial charge < -0.3 is 9.84 Å². The van der Waals surface area contributed by atoms with E-state index in [4.69, 9.17) is 4.52 Å². The number of hydrogen-bond donors (Lipinski definition) is 1. The van der Waals surface area contributed by atoms with E-state index in [0.717, 1.165) is 6.42 Å². The monoisotopic (exact) mass is 258 g/mol. The Labute approximate surface area is 112 Å². The SMILES string of the molecule is CCC(CNC(=O)c1cc(C)no1)c1ccccc1. The maximum absolute atomic E-state index is 11.9. The summed E-state index contributed by atoms with van der Waals surface area (Å²) in [5, 5.41) is 6.60. The number of rotatable bonds is 5. The van der Waals surface area contributed by atoms with Crippen LogP contribution in [0.15, 0.2) is 40.9 Å². The molecule has 0 saturated heterocycles. The van der Waals surface area contributed by atoms with Gasteiger partial charge in [0.25, 0.3) is 5.91 Å². The summed E-state index contributed by atoms with van der Waals surface area (Å²) in [5.74, 6) is 0.365. The molecule has 0 spiro atoms. The van der Waals surface area contributed by atoms with Crippen molar-refractivity contribution in [2.45, 2.75) is 26.2 Å². The maximum atomic E-state index is 11.9. The molecule has 19 heavy (non-hydrogen) atoms. The second kappa shape index (κ2) is 6.18. The van der Waals surface area contributed by atoms with E-state index < -0.39 is 0 Å². The summed E-state index contributed by atoms with van der Waals surface area (Å²) in [7, 11) is 0. The predicted octanol–water partition coefficient (Wildman–Crippen LogP) is 2.91. The first-order valence-electron chi connectivity index (χ1n) is 6.47. The summed E-state index contributed by atoms with van der Waals surface area (Å²) >= 11 is 0. The quantitative estimate of drug-likeness (QED) is 0.897. The van der Waals surface area contributed by atoms with E-state index in [2.05, 4.69) is 29.5 Å². The average Bonchev–Trinajstić information content (AvgIpc) is 2.87. The molecule has 2 rings (SSSR count). The first-order valence-corrected chi connectivity index (χ1v) is 6.47. The Morgan fingerprint density at radius 1 is 1.37 bits per heavy atom. The second-order valence-electron chi connectivity index (χ2n) is 4.56. The van der Waals surface area contributed by atoms with Gasteiger partial charge in [0.2, 0.25) is 5.76 Å². The molecule has 1 unspecified atom stereocenters. The van der Waals surface area contributed by atoms with Crippen molar-refractivity contribution < 1.29 is 9.32 Å². The molecule has 1 amide bonds. The fraction of sp³-hybridized carbons (Fsp3) is 0.333. The lowest BCUT2D eigenvalue weighted by Crippen LogP contribution is -2.28. The largest absolute Gasteiger partial charge is 0.351 e.